The molecule has 0 atom stereocenters. The largest absolute Gasteiger partial charge is 0.277 e. The minimum Gasteiger partial charge on any atom is -0.277 e. The van der Waals surface area contributed by atoms with E-state index in [0.29, 0.717) is 5.95 Å². The van der Waals surface area contributed by atoms with Crippen LogP contribution in [0.5, 0.6) is 0 Å². The first-order chi connectivity index (χ1) is 28.7. The van der Waals surface area contributed by atoms with Gasteiger partial charge in [0.15, 0.2) is 0 Å². The highest BCUT2D eigenvalue weighted by molar-refractivity contribution is 7.25. The molecule has 0 fully saturated rings. The summed E-state index contributed by atoms with van der Waals surface area (Å²) in [7, 11) is 0. The van der Waals surface area contributed by atoms with Gasteiger partial charge in [-0.1, -0.05) is 166 Å². The van der Waals surface area contributed by atoms with Crippen molar-refractivity contribution >= 4 is 85.8 Å². The fourth-order valence-electron chi connectivity index (χ4n) is 8.75. The van der Waals surface area contributed by atoms with Crippen molar-refractivity contribution in [3.63, 3.8) is 0 Å². The highest BCUT2D eigenvalue weighted by atomic mass is 32.1. The van der Waals surface area contributed by atoms with Gasteiger partial charge in [0.05, 0.1) is 22.2 Å². The predicted octanol–water partition coefficient (Wildman–Crippen LogP) is 15.4. The van der Waals surface area contributed by atoms with Gasteiger partial charge in [0.2, 0.25) is 5.95 Å². The smallest absolute Gasteiger partial charge is 0.235 e. The van der Waals surface area contributed by atoms with Crippen molar-refractivity contribution in [3.05, 3.63) is 188 Å². The van der Waals surface area contributed by atoms with Crippen molar-refractivity contribution in [2.75, 3.05) is 0 Å². The van der Waals surface area contributed by atoms with Crippen molar-refractivity contribution in [3.8, 4) is 39.5 Å². The number of hydrogen-bond donors (Lipinski definition) is 0. The van der Waals surface area contributed by atoms with Crippen molar-refractivity contribution < 1.29 is 0 Å². The second-order valence-corrected chi connectivity index (χ2v) is 15.6. The van der Waals surface area contributed by atoms with Crippen LogP contribution in [0.25, 0.3) is 114 Å². The van der Waals surface area contributed by atoms with Crippen LogP contribution in [0.4, 0.5) is 0 Å². The van der Waals surface area contributed by atoms with Gasteiger partial charge in [-0.25, -0.2) is 9.97 Å². The summed E-state index contributed by atoms with van der Waals surface area (Å²) in [6, 6.07) is 67.9. The van der Waals surface area contributed by atoms with E-state index in [1.165, 1.54) is 69.2 Å². The molecule has 0 spiro atoms. The Bertz CT molecular complexity index is 3530. The molecule has 4 heteroatoms. The fourth-order valence-corrected chi connectivity index (χ4v) is 9.84. The Kier molecular flexibility index (Phi) is 8.12. The first-order valence-corrected chi connectivity index (χ1v) is 20.8. The zero-order valence-corrected chi connectivity index (χ0v) is 33.0. The summed E-state index contributed by atoms with van der Waals surface area (Å²) in [5, 5.41) is 10.8. The zero-order valence-electron chi connectivity index (χ0n) is 32.1. The second kappa shape index (κ2) is 13.8. The van der Waals surface area contributed by atoms with Crippen LogP contribution >= 0.6 is 11.3 Å². The van der Waals surface area contributed by atoms with Crippen molar-refractivity contribution in [2.24, 2.45) is 0 Å². The van der Waals surface area contributed by atoms with E-state index in [-0.39, 0.29) is 0 Å². The molecule has 12 rings (SSSR count). The Hall–Kier alpha value is -7.14. The molecule has 0 aliphatic carbocycles. The van der Waals surface area contributed by atoms with E-state index < -0.39 is 0 Å². The number of benzene rings is 9. The average Bonchev–Trinajstić information content (AvgIpc) is 3.83. The van der Waals surface area contributed by atoms with Gasteiger partial charge in [-0.15, -0.1) is 11.3 Å². The molecule has 0 N–H and O–H groups in total. The third-order valence-corrected chi connectivity index (χ3v) is 12.5. The van der Waals surface area contributed by atoms with Crippen LogP contribution in [0.1, 0.15) is 13.8 Å². The van der Waals surface area contributed by atoms with E-state index in [1.807, 2.05) is 25.2 Å². The first kappa shape index (κ1) is 34.1. The number of para-hydroxylation sites is 2. The Morgan fingerprint density at radius 2 is 1.00 bits per heavy atom. The Labute approximate surface area is 340 Å². The Morgan fingerprint density at radius 1 is 0.397 bits per heavy atom. The molecular formula is C54H37N3S. The first-order valence-electron chi connectivity index (χ1n) is 20.0. The maximum atomic E-state index is 5.52. The van der Waals surface area contributed by atoms with Gasteiger partial charge < -0.3 is 0 Å². The van der Waals surface area contributed by atoms with Crippen LogP contribution in [0, 0.1) is 0 Å². The van der Waals surface area contributed by atoms with Gasteiger partial charge in [-0.05, 0) is 74.6 Å². The highest BCUT2D eigenvalue weighted by Gasteiger charge is 2.21. The van der Waals surface area contributed by atoms with Gasteiger partial charge in [-0.3, -0.25) is 4.57 Å². The quantitative estimate of drug-likeness (QED) is 0.179. The van der Waals surface area contributed by atoms with E-state index in [2.05, 4.69) is 193 Å². The van der Waals surface area contributed by atoms with E-state index in [0.717, 1.165) is 38.8 Å². The molecular weight excluding hydrogens is 723 g/mol. The summed E-state index contributed by atoms with van der Waals surface area (Å²) in [5.41, 5.74) is 9.78. The van der Waals surface area contributed by atoms with E-state index >= 15 is 0 Å². The maximum Gasteiger partial charge on any atom is 0.235 e. The number of thiophene rings is 1. The minimum absolute atomic E-state index is 0.654. The van der Waals surface area contributed by atoms with Gasteiger partial charge in [0, 0.05) is 47.5 Å². The number of hydrogen-bond acceptors (Lipinski definition) is 3. The van der Waals surface area contributed by atoms with E-state index in [9.17, 15) is 0 Å². The Morgan fingerprint density at radius 3 is 1.84 bits per heavy atom. The van der Waals surface area contributed by atoms with Crippen LogP contribution in [0.15, 0.2) is 188 Å². The molecule has 3 heterocycles. The SMILES string of the molecule is CC.c1ccc2cc3c(cc2c1)c1cccc(-c2ccc4sc5ccccc5c4c2)c1n3-c1nc(-c2ccc(-c3cccc4ccccc34)cc2)c2ccccc2n1. The fraction of sp³-hybridized carbons (Fsp3) is 0.0370. The molecule has 0 saturated carbocycles. The molecule has 0 unspecified atom stereocenters. The summed E-state index contributed by atoms with van der Waals surface area (Å²) in [6.45, 7) is 4.00. The van der Waals surface area contributed by atoms with Crippen LogP contribution in [0.2, 0.25) is 0 Å². The highest BCUT2D eigenvalue weighted by Crippen LogP contribution is 2.42. The molecule has 12 aromatic rings. The van der Waals surface area contributed by atoms with Gasteiger partial charge in [0.1, 0.15) is 0 Å². The van der Waals surface area contributed by atoms with Crippen molar-refractivity contribution in [2.45, 2.75) is 13.8 Å². The molecule has 9 aromatic carbocycles. The van der Waals surface area contributed by atoms with Crippen LogP contribution in [-0.4, -0.2) is 14.5 Å². The van der Waals surface area contributed by atoms with Gasteiger partial charge >= 0.3 is 0 Å². The Balaban J connectivity index is 0.00000190. The van der Waals surface area contributed by atoms with Crippen LogP contribution in [0.3, 0.4) is 0 Å². The van der Waals surface area contributed by atoms with Gasteiger partial charge in [-0.2, -0.15) is 0 Å². The normalized spacial score (nSPS) is 11.6. The van der Waals surface area contributed by atoms with Crippen molar-refractivity contribution in [1.29, 1.82) is 0 Å². The summed E-state index contributed by atoms with van der Waals surface area (Å²) in [5.74, 6) is 0.654. The predicted molar refractivity (Wildman–Crippen MR) is 249 cm³/mol. The lowest BCUT2D eigenvalue weighted by Gasteiger charge is -2.14. The summed E-state index contributed by atoms with van der Waals surface area (Å²) in [6.07, 6.45) is 0. The maximum absolute atomic E-state index is 5.52. The average molecular weight is 760 g/mol. The molecule has 3 nitrogen and oxygen atoms in total. The molecule has 0 radical (unpaired) electrons. The minimum atomic E-state index is 0.654. The lowest BCUT2D eigenvalue weighted by atomic mass is 9.96. The molecule has 274 valence electrons. The monoisotopic (exact) mass is 759 g/mol. The van der Waals surface area contributed by atoms with Crippen LogP contribution in [-0.2, 0) is 0 Å². The number of fused-ring (bicyclic) bond motifs is 9. The third kappa shape index (κ3) is 5.41. The molecule has 0 saturated heterocycles. The van der Waals surface area contributed by atoms with E-state index in [1.54, 1.807) is 0 Å². The van der Waals surface area contributed by atoms with Crippen molar-refractivity contribution in [1.82, 2.24) is 14.5 Å². The summed E-state index contributed by atoms with van der Waals surface area (Å²) < 4.78 is 4.91. The lowest BCUT2D eigenvalue weighted by molar-refractivity contribution is 1.01. The summed E-state index contributed by atoms with van der Waals surface area (Å²) in [4.78, 5) is 10.9. The standard InChI is InChI=1S/C52H31N3S.C2H6/c1-2-13-36-31-47-44(29-35(36)12-1)42-20-10-19-40(37-27-28-49-45(30-37)41-16-6-8-22-48(41)56-49)51(42)55(47)52-53-46-21-7-5-17-43(46)50(54-52)34-25-23-33(24-26-34)39-18-9-14-32-11-3-4-15-38(32)39;1-2/h1-31H;1-2H3. The number of rotatable bonds is 4. The molecule has 0 aliphatic rings. The van der Waals surface area contributed by atoms with E-state index in [4.69, 9.17) is 9.97 Å². The van der Waals surface area contributed by atoms with Crippen LogP contribution < -0.4 is 0 Å². The number of nitrogens with zero attached hydrogens (tertiary/aromatic N) is 3. The zero-order chi connectivity index (χ0) is 38.7. The van der Waals surface area contributed by atoms with Gasteiger partial charge in [0.25, 0.3) is 0 Å². The molecule has 3 aromatic heterocycles. The number of aromatic nitrogens is 3. The summed E-state index contributed by atoms with van der Waals surface area (Å²) >= 11 is 1.85. The molecule has 0 aliphatic heterocycles. The molecule has 0 amide bonds. The third-order valence-electron chi connectivity index (χ3n) is 11.4. The second-order valence-electron chi connectivity index (χ2n) is 14.6. The topological polar surface area (TPSA) is 30.7 Å². The molecule has 0 bridgehead atoms. The molecule has 58 heavy (non-hydrogen) atoms. The lowest BCUT2D eigenvalue weighted by Crippen LogP contribution is -2.04.